The van der Waals surface area contributed by atoms with E-state index in [9.17, 15) is 0 Å². The molecule has 0 aliphatic carbocycles. The summed E-state index contributed by atoms with van der Waals surface area (Å²) in [5.41, 5.74) is 0. The third-order valence-corrected chi connectivity index (χ3v) is 0.499. The Balaban J connectivity index is -0.0000000800. The number of hydrogen-bond acceptors (Lipinski definition) is 2. The van der Waals surface area contributed by atoms with Gasteiger partial charge in [-0.2, -0.15) is 0 Å². The minimum atomic E-state index is 0. The monoisotopic (exact) mass is 146 g/mol. The maximum atomic E-state index is 5.12. The van der Waals surface area contributed by atoms with E-state index >= 15 is 0 Å². The number of nitrogens with two attached hydrogens (primary N) is 1. The molecule has 2 N–H and O–H groups in total. The predicted molar refractivity (Wildman–Crippen MR) is 37.0 cm³/mol. The van der Waals surface area contributed by atoms with E-state index in [4.69, 9.17) is 5.84 Å². The topological polar surface area (TPSA) is 29.3 Å². The van der Waals surface area contributed by atoms with Crippen molar-refractivity contribution >= 4 is 24.8 Å². The van der Waals surface area contributed by atoms with E-state index in [-0.39, 0.29) is 24.8 Å². The lowest BCUT2D eigenvalue weighted by atomic mass is 10.8. The zero-order valence-corrected chi connectivity index (χ0v) is 6.18. The second kappa shape index (κ2) is 9.71. The first-order chi connectivity index (χ1) is 2.27. The van der Waals surface area contributed by atoms with E-state index < -0.39 is 0 Å². The van der Waals surface area contributed by atoms with Gasteiger partial charge in [-0.05, 0) is 0 Å². The molecule has 0 aliphatic rings. The van der Waals surface area contributed by atoms with Crippen molar-refractivity contribution in [3.05, 3.63) is 0 Å². The summed E-state index contributed by atoms with van der Waals surface area (Å²) in [6.07, 6.45) is 0. The number of hydrazine groups is 1. The van der Waals surface area contributed by atoms with Crippen LogP contribution in [0.3, 0.4) is 0 Å². The van der Waals surface area contributed by atoms with Gasteiger partial charge >= 0.3 is 0 Å². The number of hydrogen-bond donors (Lipinski definition) is 1. The molecule has 0 atom stereocenters. The van der Waals surface area contributed by atoms with Gasteiger partial charge in [-0.3, -0.25) is 10.9 Å². The van der Waals surface area contributed by atoms with Crippen molar-refractivity contribution in [3.63, 3.8) is 0 Å². The summed E-state index contributed by atoms with van der Waals surface area (Å²) < 4.78 is 0. The smallest absolute Gasteiger partial charge is 0.00966 e. The largest absolute Gasteiger partial charge is 0.269 e. The molecule has 0 rings (SSSR count). The molecule has 0 saturated carbocycles. The second-order valence-electron chi connectivity index (χ2n) is 1.07. The summed E-state index contributed by atoms with van der Waals surface area (Å²) in [6, 6.07) is 0. The first-order valence-corrected chi connectivity index (χ1v) is 1.73. The molecule has 0 radical (unpaired) electrons. The quantitative estimate of drug-likeness (QED) is 0.436. The molecule has 0 saturated heterocycles. The summed E-state index contributed by atoms with van der Waals surface area (Å²) in [7, 11) is 1.83. The Hall–Kier alpha value is 0.500. The second-order valence-corrected chi connectivity index (χ2v) is 1.07. The molecule has 0 aromatic rings. The lowest BCUT2D eigenvalue weighted by Gasteiger charge is -2.00. The molecule has 0 fully saturated rings. The van der Waals surface area contributed by atoms with Crippen LogP contribution in [0.5, 0.6) is 0 Å². The minimum Gasteiger partial charge on any atom is -0.269 e. The maximum Gasteiger partial charge on any atom is 0.00966 e. The van der Waals surface area contributed by atoms with Crippen molar-refractivity contribution in [2.24, 2.45) is 5.84 Å². The predicted octanol–water partition coefficient (Wildman–Crippen LogP) is 0.655. The molecule has 48 valence electrons. The van der Waals surface area contributed by atoms with Gasteiger partial charge in [-0.1, -0.05) is 6.92 Å². The number of halogens is 2. The van der Waals surface area contributed by atoms with E-state index in [1.54, 1.807) is 5.01 Å². The van der Waals surface area contributed by atoms with Crippen LogP contribution in [-0.2, 0) is 0 Å². The standard InChI is InChI=1S/C3H10N2.2ClH/c1-3-5(2)4;;/h3-4H2,1-2H3;2*1H. The molecule has 2 nitrogen and oxygen atoms in total. The van der Waals surface area contributed by atoms with Crippen molar-refractivity contribution in [2.75, 3.05) is 13.6 Å². The van der Waals surface area contributed by atoms with E-state index in [2.05, 4.69) is 0 Å². The van der Waals surface area contributed by atoms with Crippen LogP contribution in [0.2, 0.25) is 0 Å². The normalized spacial score (nSPS) is 6.86. The Labute approximate surface area is 56.8 Å². The Morgan fingerprint density at radius 1 is 1.43 bits per heavy atom. The highest BCUT2D eigenvalue weighted by Crippen LogP contribution is 1.57. The lowest BCUT2D eigenvalue weighted by molar-refractivity contribution is 0.370. The van der Waals surface area contributed by atoms with E-state index in [0.717, 1.165) is 6.54 Å². The molecule has 0 amide bonds. The van der Waals surface area contributed by atoms with Gasteiger partial charge in [0.2, 0.25) is 0 Å². The summed E-state index contributed by atoms with van der Waals surface area (Å²) >= 11 is 0. The Morgan fingerprint density at radius 2 is 1.57 bits per heavy atom. The van der Waals surface area contributed by atoms with Gasteiger partial charge in [-0.15, -0.1) is 24.8 Å². The molecule has 0 bridgehead atoms. The van der Waals surface area contributed by atoms with Crippen molar-refractivity contribution < 1.29 is 0 Å². The van der Waals surface area contributed by atoms with Gasteiger partial charge in [0.05, 0.1) is 0 Å². The van der Waals surface area contributed by atoms with Crippen LogP contribution in [0, 0.1) is 0 Å². The van der Waals surface area contributed by atoms with Crippen molar-refractivity contribution in [1.29, 1.82) is 0 Å². The van der Waals surface area contributed by atoms with Gasteiger partial charge in [0.1, 0.15) is 0 Å². The molecule has 0 spiro atoms. The Morgan fingerprint density at radius 3 is 1.57 bits per heavy atom. The van der Waals surface area contributed by atoms with Gasteiger partial charge < -0.3 is 0 Å². The van der Waals surface area contributed by atoms with Crippen LogP contribution in [0.25, 0.3) is 0 Å². The maximum absolute atomic E-state index is 5.12. The highest BCUT2D eigenvalue weighted by atomic mass is 35.5. The third kappa shape index (κ3) is 21.1. The fraction of sp³-hybridized carbons (Fsp3) is 1.00. The SMILES string of the molecule is CCN(C)N.Cl.Cl. The summed E-state index contributed by atoms with van der Waals surface area (Å²) in [6.45, 7) is 2.92. The molecule has 0 heterocycles. The fourth-order valence-corrected chi connectivity index (χ4v) is 0. The van der Waals surface area contributed by atoms with Crippen LogP contribution < -0.4 is 5.84 Å². The van der Waals surface area contributed by atoms with E-state index in [0.29, 0.717) is 0 Å². The molecule has 0 aromatic carbocycles. The van der Waals surface area contributed by atoms with Gasteiger partial charge in [0.25, 0.3) is 0 Å². The first kappa shape index (κ1) is 15.6. The van der Waals surface area contributed by atoms with Crippen LogP contribution in [0.1, 0.15) is 6.92 Å². The summed E-state index contributed by atoms with van der Waals surface area (Å²) in [4.78, 5) is 0. The van der Waals surface area contributed by atoms with Crippen LogP contribution in [0.15, 0.2) is 0 Å². The van der Waals surface area contributed by atoms with Crippen molar-refractivity contribution in [3.8, 4) is 0 Å². The van der Waals surface area contributed by atoms with Gasteiger partial charge in [0, 0.05) is 13.6 Å². The molecule has 0 unspecified atom stereocenters. The van der Waals surface area contributed by atoms with E-state index in [1.165, 1.54) is 0 Å². The van der Waals surface area contributed by atoms with Crippen LogP contribution in [0.4, 0.5) is 0 Å². The minimum absolute atomic E-state index is 0. The summed E-state index contributed by atoms with van der Waals surface area (Å²) in [5, 5.41) is 1.62. The number of rotatable bonds is 1. The molecular weight excluding hydrogens is 135 g/mol. The Bertz CT molecular complexity index is 24.9. The van der Waals surface area contributed by atoms with Gasteiger partial charge in [-0.25, -0.2) is 0 Å². The average molecular weight is 147 g/mol. The van der Waals surface area contributed by atoms with Gasteiger partial charge in [0.15, 0.2) is 0 Å². The molecule has 0 aromatic heterocycles. The number of nitrogens with zero attached hydrogens (tertiary/aromatic N) is 1. The molecule has 4 heteroatoms. The molecule has 7 heavy (non-hydrogen) atoms. The zero-order valence-electron chi connectivity index (χ0n) is 4.55. The first-order valence-electron chi connectivity index (χ1n) is 1.73. The average Bonchev–Trinajstić information content (AvgIpc) is 1.38. The van der Waals surface area contributed by atoms with Crippen molar-refractivity contribution in [2.45, 2.75) is 6.92 Å². The molecule has 0 aliphatic heterocycles. The summed E-state index contributed by atoms with van der Waals surface area (Å²) in [5.74, 6) is 5.12. The Kier molecular flexibility index (Phi) is 21.7. The van der Waals surface area contributed by atoms with E-state index in [1.807, 2.05) is 14.0 Å². The zero-order chi connectivity index (χ0) is 4.28. The highest BCUT2D eigenvalue weighted by molar-refractivity contribution is 5.85. The fourth-order valence-electron chi connectivity index (χ4n) is 0. The third-order valence-electron chi connectivity index (χ3n) is 0.499. The van der Waals surface area contributed by atoms with Crippen LogP contribution in [-0.4, -0.2) is 18.6 Å². The molecular formula is C3H12Cl2N2. The highest BCUT2D eigenvalue weighted by Gasteiger charge is 1.72. The lowest BCUT2D eigenvalue weighted by Crippen LogP contribution is -2.24. The van der Waals surface area contributed by atoms with Crippen LogP contribution >= 0.6 is 24.8 Å². The van der Waals surface area contributed by atoms with Crippen molar-refractivity contribution in [1.82, 2.24) is 5.01 Å².